The molecule has 1 fully saturated rings. The summed E-state index contributed by atoms with van der Waals surface area (Å²) in [5.74, 6) is -9.74. The van der Waals surface area contributed by atoms with Gasteiger partial charge in [0.1, 0.15) is 11.6 Å². The summed E-state index contributed by atoms with van der Waals surface area (Å²) in [4.78, 5) is 78.1. The van der Waals surface area contributed by atoms with Crippen LogP contribution in [0, 0.1) is 23.6 Å². The van der Waals surface area contributed by atoms with Crippen molar-refractivity contribution in [1.82, 2.24) is 5.32 Å². The van der Waals surface area contributed by atoms with Gasteiger partial charge in [-0.3, -0.25) is 29.1 Å². The number of hydrogen-bond donors (Lipinski definition) is 5. The number of phosphoric ester groups is 1. The fraction of sp³-hybridized carbons (Fsp3) is 0.343. The molecule has 3 aromatic rings. The molecule has 6 N–H and O–H groups in total. The van der Waals surface area contributed by atoms with E-state index in [9.17, 15) is 51.8 Å². The molecule has 0 spiro atoms. The maximum absolute atomic E-state index is 16.2. The highest BCUT2D eigenvalue weighted by molar-refractivity contribution is 7.46. The molecular weight excluding hydrogens is 727 g/mol. The number of carbonyl (C=O) groups excluding carboxylic acids is 3. The molecule has 1 unspecified atom stereocenters. The van der Waals surface area contributed by atoms with Crippen molar-refractivity contribution in [2.45, 2.75) is 56.9 Å². The molecule has 0 aromatic heterocycles. The number of carboxylic acid groups (broad SMARTS) is 1. The monoisotopic (exact) mass is 762 g/mol. The molecular formula is C35H35F4N4O9P. The second-order valence-corrected chi connectivity index (χ2v) is 14.2. The molecule has 13 nitrogen and oxygen atoms in total. The van der Waals surface area contributed by atoms with Crippen molar-refractivity contribution in [3.63, 3.8) is 0 Å². The molecule has 1 aliphatic carbocycles. The van der Waals surface area contributed by atoms with Gasteiger partial charge in [0.15, 0.2) is 5.54 Å². The second kappa shape index (κ2) is 15.1. The molecule has 2 aliphatic rings. The molecule has 0 radical (unpaired) electrons. The number of para-hydroxylation sites is 1. The van der Waals surface area contributed by atoms with Gasteiger partial charge in [-0.15, -0.1) is 0 Å². The van der Waals surface area contributed by atoms with E-state index >= 15 is 4.39 Å². The fourth-order valence-corrected chi connectivity index (χ4v) is 6.77. The Morgan fingerprint density at radius 3 is 2.21 bits per heavy atom. The van der Waals surface area contributed by atoms with Gasteiger partial charge in [-0.25, -0.2) is 18.7 Å². The van der Waals surface area contributed by atoms with E-state index in [1.807, 2.05) is 0 Å². The number of nitrogens with two attached hydrogens (primary N) is 1. The van der Waals surface area contributed by atoms with E-state index in [0.29, 0.717) is 23.3 Å². The number of nitrogens with one attached hydrogen (secondary N) is 1. The molecule has 1 aliphatic heterocycles. The molecule has 0 saturated heterocycles. The van der Waals surface area contributed by atoms with Crippen LogP contribution in [0.5, 0.6) is 5.75 Å². The first-order valence-corrected chi connectivity index (χ1v) is 17.8. The van der Waals surface area contributed by atoms with E-state index < -0.39 is 85.6 Å². The molecule has 3 aromatic carbocycles. The zero-order chi connectivity index (χ0) is 38.9. The minimum atomic E-state index is -5.03. The van der Waals surface area contributed by atoms with E-state index in [1.54, 1.807) is 30.3 Å². The molecule has 0 bridgehead atoms. The summed E-state index contributed by atoms with van der Waals surface area (Å²) in [6.07, 6.45) is -7.72. The zero-order valence-corrected chi connectivity index (χ0v) is 28.9. The minimum absolute atomic E-state index is 0.0318. The number of anilines is 1. The van der Waals surface area contributed by atoms with Gasteiger partial charge in [0.05, 0.1) is 11.4 Å². The lowest BCUT2D eigenvalue weighted by Crippen LogP contribution is -2.59. The second-order valence-electron chi connectivity index (χ2n) is 13.0. The molecule has 282 valence electrons. The Bertz CT molecular complexity index is 1970. The fourth-order valence-electron chi connectivity index (χ4n) is 6.38. The summed E-state index contributed by atoms with van der Waals surface area (Å²) < 4.78 is 72.6. The van der Waals surface area contributed by atoms with Crippen LogP contribution in [0.2, 0.25) is 0 Å². The summed E-state index contributed by atoms with van der Waals surface area (Å²) in [5.41, 5.74) is 2.38. The number of carbonyl (C=O) groups is 4. The van der Waals surface area contributed by atoms with Gasteiger partial charge in [0, 0.05) is 29.4 Å². The largest absolute Gasteiger partial charge is 0.524 e. The van der Waals surface area contributed by atoms with E-state index in [0.717, 1.165) is 37.3 Å². The highest BCUT2D eigenvalue weighted by Crippen LogP contribution is 2.43. The van der Waals surface area contributed by atoms with E-state index in [4.69, 9.17) is 5.73 Å². The summed E-state index contributed by atoms with van der Waals surface area (Å²) >= 11 is 0. The number of primary amides is 1. The number of carboxylic acids is 1. The summed E-state index contributed by atoms with van der Waals surface area (Å²) in [7, 11) is -5.03. The number of aliphatic imine (C=N–C) groups is 1. The van der Waals surface area contributed by atoms with Gasteiger partial charge in [0.2, 0.25) is 18.0 Å². The van der Waals surface area contributed by atoms with Crippen LogP contribution in [0.4, 0.5) is 23.2 Å². The number of hydrogen-bond acceptors (Lipinski definition) is 7. The van der Waals surface area contributed by atoms with Crippen molar-refractivity contribution in [2.75, 3.05) is 4.90 Å². The number of amides is 3. The van der Waals surface area contributed by atoms with Crippen LogP contribution in [0.15, 0.2) is 77.8 Å². The van der Waals surface area contributed by atoms with Gasteiger partial charge in [0.25, 0.3) is 5.91 Å². The SMILES string of the molecule is CC(C(=O)O)(c1ccc(OP(=O)(O)O)cc1)N1C(=O)[C@@H](NC(=O)[C@H](CCC(F)(F)F)[C@H](CC2CC2)C(N)=O)N=C(c2ccccc2)c2cccc(F)c21. The lowest BCUT2D eigenvalue weighted by Gasteiger charge is -2.39. The number of benzodiazepines with no additional fused rings is 1. The van der Waals surface area contributed by atoms with Crippen molar-refractivity contribution in [1.29, 1.82) is 0 Å². The maximum atomic E-state index is 16.2. The highest BCUT2D eigenvalue weighted by atomic mass is 31.2. The maximum Gasteiger partial charge on any atom is 0.524 e. The van der Waals surface area contributed by atoms with Gasteiger partial charge in [-0.05, 0) is 49.4 Å². The smallest absolute Gasteiger partial charge is 0.479 e. The molecule has 4 atom stereocenters. The standard InChI is InChI=1S/C35H35F4N4O9P/c1-34(33(47)48,21-12-14-22(15-13-21)52-53(49,50)51)43-28-24(8-5-9-26(28)36)27(20-6-3-2-4-7-20)41-30(32(43)46)42-31(45)23(16-17-35(37,38)39)25(29(40)44)18-19-10-11-19/h2-9,12-15,19,23,25,30H,10-11,16-18H2,1H3,(H2,40,44)(H,42,45)(H,47,48)(H2,49,50,51)/t23-,25+,30-,34?/m1/s1. The van der Waals surface area contributed by atoms with Gasteiger partial charge >= 0.3 is 20.0 Å². The average Bonchev–Trinajstić information content (AvgIpc) is 3.91. The van der Waals surface area contributed by atoms with Crippen LogP contribution in [0.25, 0.3) is 0 Å². The summed E-state index contributed by atoms with van der Waals surface area (Å²) in [6, 6.07) is 15.7. The Morgan fingerprint density at radius 2 is 1.66 bits per heavy atom. The molecule has 53 heavy (non-hydrogen) atoms. The molecule has 1 heterocycles. The van der Waals surface area contributed by atoms with Crippen molar-refractivity contribution in [2.24, 2.45) is 28.5 Å². The molecule has 18 heteroatoms. The number of fused-ring (bicyclic) bond motifs is 1. The molecule has 3 amide bonds. The first-order chi connectivity index (χ1) is 24.8. The zero-order valence-electron chi connectivity index (χ0n) is 28.0. The van der Waals surface area contributed by atoms with Gasteiger partial charge in [-0.2, -0.15) is 13.2 Å². The molecule has 5 rings (SSSR count). The lowest BCUT2D eigenvalue weighted by molar-refractivity contribution is -0.147. The van der Waals surface area contributed by atoms with Crippen LogP contribution in [0.3, 0.4) is 0 Å². The van der Waals surface area contributed by atoms with Crippen LogP contribution in [-0.4, -0.2) is 56.6 Å². The average molecular weight is 763 g/mol. The predicted molar refractivity (Wildman–Crippen MR) is 181 cm³/mol. The van der Waals surface area contributed by atoms with Crippen LogP contribution in [-0.2, 0) is 29.3 Å². The first-order valence-electron chi connectivity index (χ1n) is 16.3. The third-order valence-corrected chi connectivity index (χ3v) is 9.67. The van der Waals surface area contributed by atoms with E-state index in [2.05, 4.69) is 14.8 Å². The number of nitrogens with zero attached hydrogens (tertiary/aromatic N) is 2. The predicted octanol–water partition coefficient (Wildman–Crippen LogP) is 4.78. The van der Waals surface area contributed by atoms with Crippen molar-refractivity contribution >= 4 is 42.9 Å². The van der Waals surface area contributed by atoms with E-state index in [1.165, 1.54) is 12.1 Å². The van der Waals surface area contributed by atoms with Crippen molar-refractivity contribution < 1.29 is 60.7 Å². The molecule has 1 saturated carbocycles. The van der Waals surface area contributed by atoms with Gasteiger partial charge in [-0.1, -0.05) is 67.4 Å². The van der Waals surface area contributed by atoms with Crippen molar-refractivity contribution in [3.8, 4) is 5.75 Å². The van der Waals surface area contributed by atoms with Crippen LogP contribution < -0.4 is 20.5 Å². The number of rotatable bonds is 14. The Hall–Kier alpha value is -5.12. The quantitative estimate of drug-likeness (QED) is 0.113. The van der Waals surface area contributed by atoms with E-state index in [-0.39, 0.29) is 34.9 Å². The third-order valence-electron chi connectivity index (χ3n) is 9.22. The number of halogens is 4. The number of alkyl halides is 3. The van der Waals surface area contributed by atoms with Crippen LogP contribution >= 0.6 is 7.82 Å². The Balaban J connectivity index is 1.68. The van der Waals surface area contributed by atoms with Crippen molar-refractivity contribution in [3.05, 3.63) is 95.3 Å². The Kier molecular flexibility index (Phi) is 11.1. The minimum Gasteiger partial charge on any atom is -0.479 e. The number of aliphatic carboxylic acids is 1. The summed E-state index contributed by atoms with van der Waals surface area (Å²) in [6.45, 7) is 1.04. The topological polar surface area (TPSA) is 209 Å². The van der Waals surface area contributed by atoms with Crippen LogP contribution in [0.1, 0.15) is 55.7 Å². The van der Waals surface area contributed by atoms with Gasteiger partial charge < -0.3 is 20.7 Å². The lowest BCUT2D eigenvalue weighted by atomic mass is 9.83. The summed E-state index contributed by atoms with van der Waals surface area (Å²) in [5, 5.41) is 13.1. The number of benzene rings is 3. The highest BCUT2D eigenvalue weighted by Gasteiger charge is 2.51. The Morgan fingerprint density at radius 1 is 1.02 bits per heavy atom. The first kappa shape index (κ1) is 39.1. The normalized spacial score (nSPS) is 18.5. The Labute approximate surface area is 300 Å². The number of phosphoric acid groups is 1. The third kappa shape index (κ3) is 8.92.